The zero-order chi connectivity index (χ0) is 21.8. The molecule has 1 aliphatic rings. The molecule has 1 heterocycles. The molecule has 0 radical (unpaired) electrons. The molecule has 2 aromatic carbocycles. The van der Waals surface area contributed by atoms with Crippen LogP contribution in [0, 0.1) is 17.5 Å². The van der Waals surface area contributed by atoms with Crippen LogP contribution in [0.2, 0.25) is 5.02 Å². The molecule has 0 fully saturated rings. The fourth-order valence-electron chi connectivity index (χ4n) is 3.31. The predicted molar refractivity (Wildman–Crippen MR) is 113 cm³/mol. The summed E-state index contributed by atoms with van der Waals surface area (Å²) in [5.41, 5.74) is 1.40. The molecular weight excluding hydrogens is 417 g/mol. The summed E-state index contributed by atoms with van der Waals surface area (Å²) in [6.07, 6.45) is 1.14. The summed E-state index contributed by atoms with van der Waals surface area (Å²) in [6.45, 7) is 1.41. The fraction of sp³-hybridized carbons (Fsp3) is 0.333. The maximum absolute atomic E-state index is 14.4. The molecule has 0 aromatic heterocycles. The third kappa shape index (κ3) is 4.94. The maximum atomic E-state index is 14.4. The van der Waals surface area contributed by atoms with Gasteiger partial charge in [-0.1, -0.05) is 22.8 Å². The first-order valence-corrected chi connectivity index (χ1v) is 9.79. The lowest BCUT2D eigenvalue weighted by atomic mass is 9.95. The lowest BCUT2D eigenvalue weighted by Gasteiger charge is -2.11. The second-order valence-electron chi connectivity index (χ2n) is 7.33. The van der Waals surface area contributed by atoms with Crippen molar-refractivity contribution in [2.24, 2.45) is 10.1 Å². The summed E-state index contributed by atoms with van der Waals surface area (Å²) in [7, 11) is 3.93. The van der Waals surface area contributed by atoms with Crippen LogP contribution in [0.25, 0.3) is 0 Å². The number of benzene rings is 2. The molecule has 2 N–H and O–H groups in total. The average Bonchev–Trinajstić information content (AvgIpc) is 3.13. The summed E-state index contributed by atoms with van der Waals surface area (Å²) >= 11 is 5.81. The molecule has 30 heavy (non-hydrogen) atoms. The molecule has 0 saturated heterocycles. The van der Waals surface area contributed by atoms with E-state index >= 15 is 0 Å². The van der Waals surface area contributed by atoms with Crippen LogP contribution in [-0.4, -0.2) is 48.8 Å². The van der Waals surface area contributed by atoms with E-state index in [0.717, 1.165) is 19.0 Å². The van der Waals surface area contributed by atoms with Gasteiger partial charge in [0.05, 0.1) is 16.4 Å². The van der Waals surface area contributed by atoms with Gasteiger partial charge in [0.25, 0.3) is 0 Å². The Hall–Kier alpha value is -2.58. The normalized spacial score (nSPS) is 15.0. The maximum Gasteiger partial charge on any atom is 0.182 e. The number of rotatable bonds is 7. The highest BCUT2D eigenvalue weighted by molar-refractivity contribution is 6.30. The van der Waals surface area contributed by atoms with Crippen molar-refractivity contribution in [2.45, 2.75) is 19.3 Å². The Morgan fingerprint density at radius 2 is 1.97 bits per heavy atom. The Kier molecular flexibility index (Phi) is 6.99. The van der Waals surface area contributed by atoms with Gasteiger partial charge >= 0.3 is 0 Å². The molecule has 0 bridgehead atoms. The highest BCUT2D eigenvalue weighted by Gasteiger charge is 2.28. The lowest BCUT2D eigenvalue weighted by molar-refractivity contribution is 0.318. The van der Waals surface area contributed by atoms with Crippen LogP contribution in [0.15, 0.2) is 34.4 Å². The molecule has 5 nitrogen and oxygen atoms in total. The van der Waals surface area contributed by atoms with Crippen LogP contribution in [-0.2, 0) is 12.8 Å². The van der Waals surface area contributed by atoms with Gasteiger partial charge in [-0.3, -0.25) is 4.99 Å². The molecule has 3 rings (SSSR count). The topological polar surface area (TPSA) is 60.2 Å². The van der Waals surface area contributed by atoms with Crippen molar-refractivity contribution in [3.05, 3.63) is 63.4 Å². The number of hydrogen-bond acceptors (Lipinski definition) is 4. The molecular formula is C21H22ClF3N4O. The zero-order valence-corrected chi connectivity index (χ0v) is 17.4. The Balaban J connectivity index is 1.88. The Morgan fingerprint density at radius 1 is 1.20 bits per heavy atom. The largest absolute Gasteiger partial charge is 0.411 e. The SMILES string of the molecule is CN(C)CCCN=C1Cc2c(/C(Cc3ccc(F)c(Cl)c3)=N/O)cc(F)c(F)c2N1. The monoisotopic (exact) mass is 438 g/mol. The summed E-state index contributed by atoms with van der Waals surface area (Å²) in [5, 5.41) is 15.6. The van der Waals surface area contributed by atoms with E-state index in [9.17, 15) is 18.4 Å². The minimum Gasteiger partial charge on any atom is -0.411 e. The fourth-order valence-corrected chi connectivity index (χ4v) is 3.52. The zero-order valence-electron chi connectivity index (χ0n) is 16.6. The number of hydrogen-bond donors (Lipinski definition) is 2. The van der Waals surface area contributed by atoms with Crippen molar-refractivity contribution in [3.63, 3.8) is 0 Å². The summed E-state index contributed by atoms with van der Waals surface area (Å²) < 4.78 is 42.0. The van der Waals surface area contributed by atoms with Crippen LogP contribution in [0.3, 0.4) is 0 Å². The van der Waals surface area contributed by atoms with E-state index in [4.69, 9.17) is 11.6 Å². The number of nitrogens with one attached hydrogen (secondary N) is 1. The number of aliphatic imine (C=N–C) groups is 1. The third-order valence-electron chi connectivity index (χ3n) is 4.79. The minimum absolute atomic E-state index is 0.00496. The van der Waals surface area contributed by atoms with E-state index in [-0.39, 0.29) is 34.8 Å². The van der Waals surface area contributed by atoms with E-state index < -0.39 is 17.5 Å². The molecule has 9 heteroatoms. The summed E-state index contributed by atoms with van der Waals surface area (Å²) in [4.78, 5) is 6.48. The second-order valence-corrected chi connectivity index (χ2v) is 7.74. The highest BCUT2D eigenvalue weighted by Crippen LogP contribution is 2.33. The Morgan fingerprint density at radius 3 is 2.63 bits per heavy atom. The van der Waals surface area contributed by atoms with Crippen molar-refractivity contribution >= 4 is 28.8 Å². The summed E-state index contributed by atoms with van der Waals surface area (Å²) in [6, 6.07) is 5.09. The Labute approximate surface area is 177 Å². The molecule has 0 amide bonds. The van der Waals surface area contributed by atoms with Crippen molar-refractivity contribution in [2.75, 3.05) is 32.5 Å². The molecule has 0 unspecified atom stereocenters. The van der Waals surface area contributed by atoms with Gasteiger partial charge in [-0.2, -0.15) is 0 Å². The molecule has 0 saturated carbocycles. The number of oxime groups is 1. The van der Waals surface area contributed by atoms with Gasteiger partial charge in [-0.15, -0.1) is 0 Å². The number of nitrogens with zero attached hydrogens (tertiary/aromatic N) is 3. The third-order valence-corrected chi connectivity index (χ3v) is 5.08. The Bertz CT molecular complexity index is 1010. The van der Waals surface area contributed by atoms with Crippen molar-refractivity contribution in [3.8, 4) is 0 Å². The van der Waals surface area contributed by atoms with Gasteiger partial charge in [0, 0.05) is 24.9 Å². The van der Waals surface area contributed by atoms with Crippen LogP contribution in [0.4, 0.5) is 18.9 Å². The van der Waals surface area contributed by atoms with E-state index in [1.54, 1.807) is 0 Å². The van der Waals surface area contributed by atoms with E-state index in [1.165, 1.54) is 18.2 Å². The molecule has 160 valence electrons. The first kappa shape index (κ1) is 22.1. The van der Waals surface area contributed by atoms with Crippen LogP contribution in [0.1, 0.15) is 23.1 Å². The van der Waals surface area contributed by atoms with Crippen molar-refractivity contribution in [1.82, 2.24) is 4.90 Å². The van der Waals surface area contributed by atoms with E-state index in [0.29, 0.717) is 23.5 Å². The first-order valence-electron chi connectivity index (χ1n) is 9.41. The van der Waals surface area contributed by atoms with Crippen LogP contribution in [0.5, 0.6) is 0 Å². The number of halogens is 4. The number of amidine groups is 1. The van der Waals surface area contributed by atoms with Crippen molar-refractivity contribution in [1.29, 1.82) is 0 Å². The first-order chi connectivity index (χ1) is 14.3. The van der Waals surface area contributed by atoms with Gasteiger partial charge in [0.1, 0.15) is 11.7 Å². The highest BCUT2D eigenvalue weighted by atomic mass is 35.5. The molecule has 0 spiro atoms. The van der Waals surface area contributed by atoms with Crippen molar-refractivity contribution < 1.29 is 18.4 Å². The quantitative estimate of drug-likeness (QED) is 0.290. The van der Waals surface area contributed by atoms with E-state index in [1.807, 2.05) is 19.0 Å². The van der Waals surface area contributed by atoms with Gasteiger partial charge in [-0.05, 0) is 56.4 Å². The predicted octanol–water partition coefficient (Wildman–Crippen LogP) is 4.50. The standard InChI is InChI=1S/C21H22ClF3N4O/c1-29(2)7-3-6-26-19-11-14-13(10-17(24)20(25)21(14)27-19)18(28-30)9-12-4-5-16(23)15(22)8-12/h4-5,8,10,30H,3,6-7,9,11H2,1-2H3,(H,26,27)/b28-18+. The van der Waals surface area contributed by atoms with Gasteiger partial charge < -0.3 is 15.4 Å². The second kappa shape index (κ2) is 9.49. The van der Waals surface area contributed by atoms with Gasteiger partial charge in [0.2, 0.25) is 0 Å². The smallest absolute Gasteiger partial charge is 0.182 e. The minimum atomic E-state index is -1.07. The van der Waals surface area contributed by atoms with E-state index in [2.05, 4.69) is 15.5 Å². The van der Waals surface area contributed by atoms with Crippen LogP contribution < -0.4 is 5.32 Å². The molecule has 0 atom stereocenters. The van der Waals surface area contributed by atoms with Crippen LogP contribution >= 0.6 is 11.6 Å². The molecule has 1 aliphatic heterocycles. The molecule has 0 aliphatic carbocycles. The number of anilines is 1. The lowest BCUT2D eigenvalue weighted by Crippen LogP contribution is -2.15. The van der Waals surface area contributed by atoms with Gasteiger partial charge in [-0.25, -0.2) is 13.2 Å². The molecule has 2 aromatic rings. The van der Waals surface area contributed by atoms with Gasteiger partial charge in [0.15, 0.2) is 11.6 Å². The number of fused-ring (bicyclic) bond motifs is 1. The average molecular weight is 439 g/mol. The summed E-state index contributed by atoms with van der Waals surface area (Å²) in [5.74, 6) is -2.12.